The average molecular weight is 310 g/mol. The Morgan fingerprint density at radius 3 is 2.04 bits per heavy atom. The largest absolute Gasteiger partial charge is 0.378 e. The molecule has 0 bridgehead atoms. The predicted molar refractivity (Wildman–Crippen MR) is 94.2 cm³/mol. The van der Waals surface area contributed by atoms with Crippen LogP contribution < -0.4 is 5.32 Å². The molecule has 2 aromatic rings. The minimum Gasteiger partial charge on any atom is -0.378 e. The lowest BCUT2D eigenvalue weighted by molar-refractivity contribution is -0.00919. The van der Waals surface area contributed by atoms with Crippen LogP contribution in [-0.4, -0.2) is 37.2 Å². The number of rotatable bonds is 6. The van der Waals surface area contributed by atoms with Gasteiger partial charge in [-0.25, -0.2) is 0 Å². The molecule has 3 rings (SSSR count). The third kappa shape index (κ3) is 4.41. The molecule has 0 aromatic heterocycles. The maximum absolute atomic E-state index is 5.76. The van der Waals surface area contributed by atoms with E-state index in [0.29, 0.717) is 6.04 Å². The number of piperidine rings is 1. The van der Waals surface area contributed by atoms with Gasteiger partial charge in [0.1, 0.15) is 0 Å². The zero-order valence-electron chi connectivity index (χ0n) is 13.8. The fraction of sp³-hybridized carbons (Fsp3) is 0.400. The summed E-state index contributed by atoms with van der Waals surface area (Å²) in [5.74, 6) is 0. The van der Waals surface area contributed by atoms with E-state index in [1.165, 1.54) is 11.1 Å². The second-order valence-corrected chi connectivity index (χ2v) is 6.21. The van der Waals surface area contributed by atoms with Gasteiger partial charge in [0, 0.05) is 32.8 Å². The van der Waals surface area contributed by atoms with Crippen LogP contribution in [0.2, 0.25) is 0 Å². The van der Waals surface area contributed by atoms with Gasteiger partial charge >= 0.3 is 0 Å². The lowest BCUT2D eigenvalue weighted by Gasteiger charge is -2.39. The number of benzene rings is 2. The number of hydrogen-bond donors (Lipinski definition) is 1. The number of nitrogens with zero attached hydrogens (tertiary/aromatic N) is 1. The molecule has 122 valence electrons. The molecular weight excluding hydrogens is 284 g/mol. The van der Waals surface area contributed by atoms with Crippen molar-refractivity contribution in [2.45, 2.75) is 31.7 Å². The lowest BCUT2D eigenvalue weighted by atomic mass is 9.99. The monoisotopic (exact) mass is 310 g/mol. The molecular formula is C20H26N2O. The van der Waals surface area contributed by atoms with Crippen molar-refractivity contribution in [3.8, 4) is 0 Å². The Hall–Kier alpha value is -1.68. The Morgan fingerprint density at radius 1 is 0.957 bits per heavy atom. The van der Waals surface area contributed by atoms with E-state index in [9.17, 15) is 0 Å². The Bertz CT molecular complexity index is 531. The first-order chi connectivity index (χ1) is 11.4. The van der Waals surface area contributed by atoms with Gasteiger partial charge in [-0.1, -0.05) is 60.7 Å². The maximum Gasteiger partial charge on any atom is 0.0851 e. The van der Waals surface area contributed by atoms with Crippen LogP contribution in [0.25, 0.3) is 0 Å². The van der Waals surface area contributed by atoms with Gasteiger partial charge in [-0.15, -0.1) is 0 Å². The van der Waals surface area contributed by atoms with Gasteiger partial charge in [0.05, 0.1) is 6.10 Å². The van der Waals surface area contributed by atoms with Crippen LogP contribution in [0.1, 0.15) is 17.5 Å². The van der Waals surface area contributed by atoms with E-state index in [2.05, 4.69) is 70.9 Å². The highest BCUT2D eigenvalue weighted by Gasteiger charge is 2.30. The van der Waals surface area contributed by atoms with E-state index in [-0.39, 0.29) is 6.10 Å². The third-order valence-corrected chi connectivity index (χ3v) is 4.62. The fourth-order valence-electron chi connectivity index (χ4n) is 3.40. The van der Waals surface area contributed by atoms with Crippen molar-refractivity contribution < 1.29 is 4.74 Å². The standard InChI is InChI=1S/C20H26N2O/c1-23-20-14-21-13-12-19(20)22(15-17-8-4-2-5-9-17)16-18-10-6-3-7-11-18/h2-11,19-21H,12-16H2,1H3/t19-,20+/m1/s1. The highest BCUT2D eigenvalue weighted by Crippen LogP contribution is 2.20. The van der Waals surface area contributed by atoms with Gasteiger partial charge < -0.3 is 10.1 Å². The SMILES string of the molecule is CO[C@H]1CNCC[C@H]1N(Cc1ccccc1)Cc1ccccc1. The predicted octanol–water partition coefficient (Wildman–Crippen LogP) is 3.07. The zero-order chi connectivity index (χ0) is 15.9. The van der Waals surface area contributed by atoms with Gasteiger partial charge in [0.25, 0.3) is 0 Å². The van der Waals surface area contributed by atoms with Crippen LogP contribution in [0.15, 0.2) is 60.7 Å². The molecule has 2 aromatic carbocycles. The van der Waals surface area contributed by atoms with Gasteiger partial charge in [-0.2, -0.15) is 0 Å². The van der Waals surface area contributed by atoms with Crippen LogP contribution in [0.4, 0.5) is 0 Å². The number of methoxy groups -OCH3 is 1. The first kappa shape index (κ1) is 16.2. The zero-order valence-corrected chi connectivity index (χ0v) is 13.8. The summed E-state index contributed by atoms with van der Waals surface area (Å²) < 4.78 is 5.76. The van der Waals surface area contributed by atoms with Crippen LogP contribution >= 0.6 is 0 Å². The first-order valence-corrected chi connectivity index (χ1v) is 8.42. The highest BCUT2D eigenvalue weighted by molar-refractivity contribution is 5.17. The molecule has 0 amide bonds. The Labute approximate surface area is 139 Å². The third-order valence-electron chi connectivity index (χ3n) is 4.62. The molecule has 3 nitrogen and oxygen atoms in total. The minimum atomic E-state index is 0.246. The van der Waals surface area contributed by atoms with Crippen LogP contribution in [0.3, 0.4) is 0 Å². The molecule has 0 radical (unpaired) electrons. The summed E-state index contributed by atoms with van der Waals surface area (Å²) in [5.41, 5.74) is 2.72. The number of nitrogens with one attached hydrogen (secondary N) is 1. The molecule has 1 aliphatic heterocycles. The van der Waals surface area contributed by atoms with E-state index < -0.39 is 0 Å². The van der Waals surface area contributed by atoms with Crippen LogP contribution in [0.5, 0.6) is 0 Å². The van der Waals surface area contributed by atoms with E-state index >= 15 is 0 Å². The Morgan fingerprint density at radius 2 is 1.52 bits per heavy atom. The number of ether oxygens (including phenoxy) is 1. The van der Waals surface area contributed by atoms with Crippen LogP contribution in [-0.2, 0) is 17.8 Å². The summed E-state index contributed by atoms with van der Waals surface area (Å²) in [5, 5.41) is 3.45. The summed E-state index contributed by atoms with van der Waals surface area (Å²) in [7, 11) is 1.83. The van der Waals surface area contributed by atoms with Crippen molar-refractivity contribution in [1.29, 1.82) is 0 Å². The van der Waals surface area contributed by atoms with E-state index in [1.54, 1.807) is 0 Å². The van der Waals surface area contributed by atoms with Crippen molar-refractivity contribution in [3.05, 3.63) is 71.8 Å². The van der Waals surface area contributed by atoms with E-state index in [4.69, 9.17) is 4.74 Å². The Kier molecular flexibility index (Phi) is 5.81. The van der Waals surface area contributed by atoms with Gasteiger partial charge in [-0.3, -0.25) is 4.90 Å². The van der Waals surface area contributed by atoms with Crippen molar-refractivity contribution in [3.63, 3.8) is 0 Å². The molecule has 23 heavy (non-hydrogen) atoms. The molecule has 1 saturated heterocycles. The fourth-order valence-corrected chi connectivity index (χ4v) is 3.40. The molecule has 0 saturated carbocycles. The lowest BCUT2D eigenvalue weighted by Crippen LogP contribution is -2.53. The summed E-state index contributed by atoms with van der Waals surface area (Å²) >= 11 is 0. The normalized spacial score (nSPS) is 21.5. The second-order valence-electron chi connectivity index (χ2n) is 6.21. The summed E-state index contributed by atoms with van der Waals surface area (Å²) in [4.78, 5) is 2.57. The van der Waals surface area contributed by atoms with Crippen LogP contribution in [0, 0.1) is 0 Å². The topological polar surface area (TPSA) is 24.5 Å². The molecule has 2 atom stereocenters. The maximum atomic E-state index is 5.76. The molecule has 3 heteroatoms. The van der Waals surface area contributed by atoms with Gasteiger partial charge in [-0.05, 0) is 24.1 Å². The van der Waals surface area contributed by atoms with Crippen molar-refractivity contribution in [2.75, 3.05) is 20.2 Å². The van der Waals surface area contributed by atoms with E-state index in [1.807, 2.05) is 7.11 Å². The second kappa shape index (κ2) is 8.25. The Balaban J connectivity index is 1.80. The molecule has 0 aliphatic carbocycles. The van der Waals surface area contributed by atoms with Crippen molar-refractivity contribution >= 4 is 0 Å². The quantitative estimate of drug-likeness (QED) is 0.887. The molecule has 1 aliphatic rings. The average Bonchev–Trinajstić information content (AvgIpc) is 2.63. The smallest absolute Gasteiger partial charge is 0.0851 e. The minimum absolute atomic E-state index is 0.246. The molecule has 1 heterocycles. The first-order valence-electron chi connectivity index (χ1n) is 8.42. The molecule has 1 N–H and O–H groups in total. The summed E-state index contributed by atoms with van der Waals surface area (Å²) in [6, 6.07) is 21.9. The molecule has 0 unspecified atom stereocenters. The van der Waals surface area contributed by atoms with Crippen molar-refractivity contribution in [1.82, 2.24) is 10.2 Å². The molecule has 1 fully saturated rings. The molecule has 0 spiro atoms. The summed E-state index contributed by atoms with van der Waals surface area (Å²) in [6.07, 6.45) is 1.37. The van der Waals surface area contributed by atoms with E-state index in [0.717, 1.165) is 32.6 Å². The summed E-state index contributed by atoms with van der Waals surface area (Å²) in [6.45, 7) is 3.91. The van der Waals surface area contributed by atoms with Crippen molar-refractivity contribution in [2.24, 2.45) is 0 Å². The highest BCUT2D eigenvalue weighted by atomic mass is 16.5. The number of hydrogen-bond acceptors (Lipinski definition) is 3. The van der Waals surface area contributed by atoms with Gasteiger partial charge in [0.15, 0.2) is 0 Å². The van der Waals surface area contributed by atoms with Gasteiger partial charge in [0.2, 0.25) is 0 Å².